The highest BCUT2D eigenvalue weighted by atomic mass is 16.5. The Morgan fingerprint density at radius 1 is 1.22 bits per heavy atom. The van der Waals surface area contributed by atoms with Gasteiger partial charge in [-0.15, -0.1) is 0 Å². The summed E-state index contributed by atoms with van der Waals surface area (Å²) in [5.74, 6) is 1.57. The van der Waals surface area contributed by atoms with Crippen molar-refractivity contribution in [3.8, 4) is 11.5 Å². The Balaban J connectivity index is 1.58. The fourth-order valence-corrected chi connectivity index (χ4v) is 2.49. The van der Waals surface area contributed by atoms with Crippen LogP contribution in [-0.4, -0.2) is 61.4 Å². The summed E-state index contributed by atoms with van der Waals surface area (Å²) >= 11 is 0. The number of hydrogen-bond acceptors (Lipinski definition) is 5. The topological polar surface area (TPSA) is 71.0 Å². The first-order valence-corrected chi connectivity index (χ1v) is 8.20. The lowest BCUT2D eigenvalue weighted by Gasteiger charge is -2.28. The van der Waals surface area contributed by atoms with Gasteiger partial charge in [-0.05, 0) is 44.0 Å². The molecule has 1 aromatic rings. The monoisotopic (exact) mass is 322 g/mol. The molecule has 6 heteroatoms. The van der Waals surface area contributed by atoms with Crippen molar-refractivity contribution in [2.45, 2.75) is 25.9 Å². The Kier molecular flexibility index (Phi) is 7.16. The fourth-order valence-electron chi connectivity index (χ4n) is 2.49. The van der Waals surface area contributed by atoms with Gasteiger partial charge in [0, 0.05) is 13.1 Å². The quantitative estimate of drug-likeness (QED) is 0.700. The van der Waals surface area contributed by atoms with Crippen molar-refractivity contribution in [1.82, 2.24) is 10.2 Å². The number of carbonyl (C=O) groups excluding carboxylic acids is 1. The first kappa shape index (κ1) is 17.6. The molecule has 1 aromatic carbocycles. The van der Waals surface area contributed by atoms with Crippen LogP contribution < -0.4 is 14.8 Å². The van der Waals surface area contributed by atoms with Crippen LogP contribution in [0.1, 0.15) is 19.8 Å². The Bertz CT molecular complexity index is 470. The van der Waals surface area contributed by atoms with Crippen molar-refractivity contribution in [3.05, 3.63) is 24.3 Å². The Hall–Kier alpha value is -1.79. The highest BCUT2D eigenvalue weighted by Crippen LogP contribution is 2.17. The van der Waals surface area contributed by atoms with E-state index in [0.717, 1.165) is 37.4 Å². The molecule has 0 spiro atoms. The Labute approximate surface area is 137 Å². The number of nitrogens with zero attached hydrogens (tertiary/aromatic N) is 1. The van der Waals surface area contributed by atoms with E-state index < -0.39 is 0 Å². The van der Waals surface area contributed by atoms with Crippen LogP contribution in [0.5, 0.6) is 11.5 Å². The number of hydrogen-bond donors (Lipinski definition) is 2. The second-order valence-electron chi connectivity index (χ2n) is 5.61. The molecule has 1 heterocycles. The van der Waals surface area contributed by atoms with Crippen molar-refractivity contribution in [3.63, 3.8) is 0 Å². The number of ether oxygens (including phenoxy) is 2. The molecular weight excluding hydrogens is 296 g/mol. The molecule has 0 bridgehead atoms. The number of likely N-dealkylation sites (tertiary alicyclic amines) is 1. The number of rotatable bonds is 8. The molecule has 0 aliphatic carbocycles. The summed E-state index contributed by atoms with van der Waals surface area (Å²) in [6.07, 6.45) is 1.28. The largest absolute Gasteiger partial charge is 0.494 e. The minimum atomic E-state index is -0.211. The molecule has 0 radical (unpaired) electrons. The fraction of sp³-hybridized carbons (Fsp3) is 0.588. The van der Waals surface area contributed by atoms with Gasteiger partial charge in [0.05, 0.1) is 25.8 Å². The zero-order valence-corrected chi connectivity index (χ0v) is 13.7. The third-order valence-electron chi connectivity index (χ3n) is 3.75. The average Bonchev–Trinajstić information content (AvgIpc) is 2.55. The zero-order chi connectivity index (χ0) is 16.5. The molecule has 0 aromatic heterocycles. The van der Waals surface area contributed by atoms with Crippen LogP contribution in [0.2, 0.25) is 0 Å². The van der Waals surface area contributed by atoms with Crippen molar-refractivity contribution < 1.29 is 19.4 Å². The molecule has 1 aliphatic rings. The van der Waals surface area contributed by atoms with Crippen molar-refractivity contribution in [2.24, 2.45) is 0 Å². The molecular formula is C17H26N2O4. The highest BCUT2D eigenvalue weighted by Gasteiger charge is 2.18. The predicted octanol–water partition coefficient (Wildman–Crippen LogP) is 1.04. The van der Waals surface area contributed by atoms with Crippen LogP contribution in [0.15, 0.2) is 24.3 Å². The van der Waals surface area contributed by atoms with E-state index >= 15 is 0 Å². The van der Waals surface area contributed by atoms with Gasteiger partial charge in [0.2, 0.25) is 5.91 Å². The molecule has 1 fully saturated rings. The molecule has 23 heavy (non-hydrogen) atoms. The van der Waals surface area contributed by atoms with Crippen LogP contribution in [-0.2, 0) is 4.79 Å². The third-order valence-corrected chi connectivity index (χ3v) is 3.75. The summed E-state index contributed by atoms with van der Waals surface area (Å²) in [6.45, 7) is 5.42. The Morgan fingerprint density at radius 2 is 1.83 bits per heavy atom. The third kappa shape index (κ3) is 6.46. The normalized spacial score (nSPS) is 16.1. The van der Waals surface area contributed by atoms with Gasteiger partial charge in [-0.2, -0.15) is 0 Å². The molecule has 128 valence electrons. The molecule has 1 amide bonds. The second kappa shape index (κ2) is 9.37. The number of aliphatic hydroxyl groups is 1. The molecule has 0 saturated carbocycles. The average molecular weight is 322 g/mol. The summed E-state index contributed by atoms with van der Waals surface area (Å²) in [5, 5.41) is 12.3. The standard InChI is InChI=1S/C17H26N2O4/c1-2-22-15-3-5-16(6-4-15)23-12-9-18-17(21)13-19-10-7-14(20)8-11-19/h3-6,14,20H,2,7-13H2,1H3,(H,18,21). The maximum absolute atomic E-state index is 11.8. The molecule has 2 N–H and O–H groups in total. The first-order chi connectivity index (χ1) is 11.2. The minimum Gasteiger partial charge on any atom is -0.494 e. The number of amides is 1. The van der Waals surface area contributed by atoms with E-state index in [2.05, 4.69) is 10.2 Å². The lowest BCUT2D eigenvalue weighted by molar-refractivity contribution is -0.122. The maximum Gasteiger partial charge on any atom is 0.234 e. The number of aliphatic hydroxyl groups excluding tert-OH is 1. The predicted molar refractivity (Wildman–Crippen MR) is 87.8 cm³/mol. The summed E-state index contributed by atoms with van der Waals surface area (Å²) in [6, 6.07) is 7.43. The molecule has 1 saturated heterocycles. The number of nitrogens with one attached hydrogen (secondary N) is 1. The van der Waals surface area contributed by atoms with Crippen molar-refractivity contribution in [2.75, 3.05) is 39.4 Å². The van der Waals surface area contributed by atoms with Gasteiger partial charge in [-0.1, -0.05) is 0 Å². The van der Waals surface area contributed by atoms with E-state index in [4.69, 9.17) is 9.47 Å². The van der Waals surface area contributed by atoms with Crippen molar-refractivity contribution in [1.29, 1.82) is 0 Å². The number of carbonyl (C=O) groups is 1. The van der Waals surface area contributed by atoms with Crippen molar-refractivity contribution >= 4 is 5.91 Å². The van der Waals surface area contributed by atoms with Gasteiger partial charge in [-0.3, -0.25) is 9.69 Å². The summed E-state index contributed by atoms with van der Waals surface area (Å²) < 4.78 is 10.9. The SMILES string of the molecule is CCOc1ccc(OCCNC(=O)CN2CCC(O)CC2)cc1. The zero-order valence-electron chi connectivity index (χ0n) is 13.7. The number of benzene rings is 1. The smallest absolute Gasteiger partial charge is 0.234 e. The number of piperidine rings is 1. The molecule has 1 aliphatic heterocycles. The second-order valence-corrected chi connectivity index (χ2v) is 5.61. The van der Waals surface area contributed by atoms with Gasteiger partial charge in [-0.25, -0.2) is 0 Å². The Morgan fingerprint density at radius 3 is 2.43 bits per heavy atom. The maximum atomic E-state index is 11.8. The van der Waals surface area contributed by atoms with E-state index in [0.29, 0.717) is 26.3 Å². The van der Waals surface area contributed by atoms with E-state index in [1.54, 1.807) is 0 Å². The minimum absolute atomic E-state index is 0.00307. The summed E-state index contributed by atoms with van der Waals surface area (Å²) in [7, 11) is 0. The van der Waals surface area contributed by atoms with Gasteiger partial charge in [0.25, 0.3) is 0 Å². The van der Waals surface area contributed by atoms with Gasteiger partial charge in [0.15, 0.2) is 0 Å². The van der Waals surface area contributed by atoms with Gasteiger partial charge >= 0.3 is 0 Å². The first-order valence-electron chi connectivity index (χ1n) is 8.20. The van der Waals surface area contributed by atoms with Gasteiger partial charge in [0.1, 0.15) is 18.1 Å². The van der Waals surface area contributed by atoms with Crippen LogP contribution in [0, 0.1) is 0 Å². The van der Waals surface area contributed by atoms with Crippen LogP contribution in [0.3, 0.4) is 0 Å². The van der Waals surface area contributed by atoms with E-state index in [1.165, 1.54) is 0 Å². The lowest BCUT2D eigenvalue weighted by Crippen LogP contribution is -2.43. The molecule has 6 nitrogen and oxygen atoms in total. The summed E-state index contributed by atoms with van der Waals surface area (Å²) in [5.41, 5.74) is 0. The van der Waals surface area contributed by atoms with E-state index in [-0.39, 0.29) is 12.0 Å². The van der Waals surface area contributed by atoms with Crippen LogP contribution >= 0.6 is 0 Å². The van der Waals surface area contributed by atoms with E-state index in [9.17, 15) is 9.90 Å². The molecule has 0 atom stereocenters. The van der Waals surface area contributed by atoms with Crippen LogP contribution in [0.25, 0.3) is 0 Å². The van der Waals surface area contributed by atoms with Crippen LogP contribution in [0.4, 0.5) is 0 Å². The molecule has 2 rings (SSSR count). The van der Waals surface area contributed by atoms with Gasteiger partial charge < -0.3 is 19.9 Å². The molecule has 0 unspecified atom stereocenters. The lowest BCUT2D eigenvalue weighted by atomic mass is 10.1. The van der Waals surface area contributed by atoms with E-state index in [1.807, 2.05) is 31.2 Å². The summed E-state index contributed by atoms with van der Waals surface area (Å²) in [4.78, 5) is 13.9. The highest BCUT2D eigenvalue weighted by molar-refractivity contribution is 5.78.